The molecule has 1 N–H and O–H groups in total. The summed E-state index contributed by atoms with van der Waals surface area (Å²) in [5.74, 6) is 1.67. The van der Waals surface area contributed by atoms with E-state index in [0.717, 1.165) is 29.0 Å². The molecule has 0 aliphatic heterocycles. The number of carbonyl (C=O) groups excluding carboxylic acids is 1. The molecule has 0 radical (unpaired) electrons. The molecular weight excluding hydrogens is 282 g/mol. The number of aryl methyl sites for hydroxylation is 2. The number of rotatable bonds is 6. The molecule has 0 aliphatic carbocycles. The van der Waals surface area contributed by atoms with Crippen LogP contribution in [0.3, 0.4) is 0 Å². The Balaban J connectivity index is 1.97. The van der Waals surface area contributed by atoms with Crippen LogP contribution in [0.1, 0.15) is 30.2 Å². The van der Waals surface area contributed by atoms with Crippen LogP contribution in [-0.4, -0.2) is 11.2 Å². The number of thioether (sulfide) groups is 1. The van der Waals surface area contributed by atoms with E-state index in [1.807, 2.05) is 51.1 Å². The third-order valence-corrected chi connectivity index (χ3v) is 4.72. The molecular formula is C17H21NO2S. The van der Waals surface area contributed by atoms with Crippen LogP contribution < -0.4 is 5.32 Å². The molecule has 4 heteroatoms. The number of carbonyl (C=O) groups is 1. The van der Waals surface area contributed by atoms with E-state index in [1.165, 1.54) is 0 Å². The van der Waals surface area contributed by atoms with E-state index < -0.39 is 0 Å². The van der Waals surface area contributed by atoms with Gasteiger partial charge in [-0.3, -0.25) is 4.79 Å². The van der Waals surface area contributed by atoms with E-state index in [4.69, 9.17) is 4.42 Å². The van der Waals surface area contributed by atoms with Gasteiger partial charge in [-0.25, -0.2) is 0 Å². The monoisotopic (exact) mass is 303 g/mol. The topological polar surface area (TPSA) is 42.2 Å². The second-order valence-electron chi connectivity index (χ2n) is 5.09. The molecule has 2 rings (SSSR count). The molecule has 112 valence electrons. The van der Waals surface area contributed by atoms with E-state index in [-0.39, 0.29) is 11.2 Å². The first kappa shape index (κ1) is 15.7. The molecule has 0 saturated heterocycles. The minimum Gasteiger partial charge on any atom is -0.468 e. The molecule has 1 amide bonds. The highest BCUT2D eigenvalue weighted by molar-refractivity contribution is 7.99. The van der Waals surface area contributed by atoms with E-state index in [9.17, 15) is 4.79 Å². The second kappa shape index (κ2) is 7.36. The van der Waals surface area contributed by atoms with Crippen molar-refractivity contribution < 1.29 is 9.21 Å². The van der Waals surface area contributed by atoms with Crippen LogP contribution in [0.25, 0.3) is 0 Å². The van der Waals surface area contributed by atoms with Gasteiger partial charge in [0, 0.05) is 5.69 Å². The van der Waals surface area contributed by atoms with Gasteiger partial charge in [0.1, 0.15) is 5.76 Å². The first-order valence-corrected chi connectivity index (χ1v) is 8.17. The Bertz CT molecular complexity index is 593. The number of nitrogens with one attached hydrogen (secondary N) is 1. The van der Waals surface area contributed by atoms with Gasteiger partial charge in [0.2, 0.25) is 5.91 Å². The molecule has 1 heterocycles. The lowest BCUT2D eigenvalue weighted by Crippen LogP contribution is -2.25. The average Bonchev–Trinajstić information content (AvgIpc) is 2.97. The Morgan fingerprint density at radius 2 is 2.14 bits per heavy atom. The molecule has 0 bridgehead atoms. The summed E-state index contributed by atoms with van der Waals surface area (Å²) in [6.45, 7) is 6.06. The van der Waals surface area contributed by atoms with Crippen LogP contribution in [0.5, 0.6) is 0 Å². The highest BCUT2D eigenvalue weighted by Gasteiger charge is 2.18. The van der Waals surface area contributed by atoms with Gasteiger partial charge < -0.3 is 9.73 Å². The van der Waals surface area contributed by atoms with Crippen LogP contribution in [0, 0.1) is 13.8 Å². The fourth-order valence-corrected chi connectivity index (χ4v) is 3.02. The Morgan fingerprint density at radius 1 is 1.33 bits per heavy atom. The van der Waals surface area contributed by atoms with Crippen molar-refractivity contribution in [2.45, 2.75) is 38.2 Å². The summed E-state index contributed by atoms with van der Waals surface area (Å²) in [6, 6.07) is 9.89. The van der Waals surface area contributed by atoms with Gasteiger partial charge in [-0.15, -0.1) is 11.8 Å². The number of amides is 1. The smallest absolute Gasteiger partial charge is 0.237 e. The van der Waals surface area contributed by atoms with Gasteiger partial charge in [0.05, 0.1) is 17.3 Å². The summed E-state index contributed by atoms with van der Waals surface area (Å²) in [6.07, 6.45) is 2.45. The van der Waals surface area contributed by atoms with Gasteiger partial charge in [-0.1, -0.05) is 19.1 Å². The minimum atomic E-state index is -0.0741. The SMILES string of the molecule is CCC(SCc1ccco1)C(=O)Nc1cc(C)ccc1C. The maximum Gasteiger partial charge on any atom is 0.237 e. The lowest BCUT2D eigenvalue weighted by Gasteiger charge is -2.15. The van der Waals surface area contributed by atoms with E-state index in [2.05, 4.69) is 5.32 Å². The molecule has 0 spiro atoms. The zero-order valence-corrected chi connectivity index (χ0v) is 13.5. The summed E-state index contributed by atoms with van der Waals surface area (Å²) >= 11 is 1.61. The number of hydrogen-bond acceptors (Lipinski definition) is 3. The minimum absolute atomic E-state index is 0.0581. The van der Waals surface area contributed by atoms with Crippen LogP contribution >= 0.6 is 11.8 Å². The molecule has 0 aliphatic rings. The Kier molecular flexibility index (Phi) is 5.51. The Morgan fingerprint density at radius 3 is 2.81 bits per heavy atom. The van der Waals surface area contributed by atoms with E-state index in [0.29, 0.717) is 5.75 Å². The van der Waals surface area contributed by atoms with Crippen molar-refractivity contribution in [1.82, 2.24) is 0 Å². The largest absolute Gasteiger partial charge is 0.468 e. The van der Waals surface area contributed by atoms with Gasteiger partial charge >= 0.3 is 0 Å². The molecule has 1 aromatic carbocycles. The molecule has 21 heavy (non-hydrogen) atoms. The van der Waals surface area contributed by atoms with Crippen molar-refractivity contribution in [2.75, 3.05) is 5.32 Å². The van der Waals surface area contributed by atoms with Crippen LogP contribution in [-0.2, 0) is 10.5 Å². The predicted octanol–water partition coefficient (Wildman–Crippen LogP) is 4.55. The first-order valence-electron chi connectivity index (χ1n) is 7.12. The van der Waals surface area contributed by atoms with Crippen molar-refractivity contribution in [3.05, 3.63) is 53.5 Å². The first-order chi connectivity index (χ1) is 10.1. The van der Waals surface area contributed by atoms with Crippen molar-refractivity contribution in [1.29, 1.82) is 0 Å². The average molecular weight is 303 g/mol. The lowest BCUT2D eigenvalue weighted by atomic mass is 10.1. The zero-order valence-electron chi connectivity index (χ0n) is 12.7. The second-order valence-corrected chi connectivity index (χ2v) is 6.29. The molecule has 1 unspecified atom stereocenters. The molecule has 0 fully saturated rings. The highest BCUT2D eigenvalue weighted by Crippen LogP contribution is 2.23. The van der Waals surface area contributed by atoms with Crippen molar-refractivity contribution in [2.24, 2.45) is 0 Å². The summed E-state index contributed by atoms with van der Waals surface area (Å²) < 4.78 is 5.31. The number of furan rings is 1. The molecule has 1 atom stereocenters. The van der Waals surface area contributed by atoms with E-state index in [1.54, 1.807) is 18.0 Å². The maximum atomic E-state index is 12.4. The van der Waals surface area contributed by atoms with Gasteiger partial charge in [0.25, 0.3) is 0 Å². The zero-order chi connectivity index (χ0) is 15.2. The van der Waals surface area contributed by atoms with Crippen LogP contribution in [0.15, 0.2) is 41.0 Å². The van der Waals surface area contributed by atoms with Gasteiger partial charge in [0.15, 0.2) is 0 Å². The fraction of sp³-hybridized carbons (Fsp3) is 0.353. The number of benzene rings is 1. The highest BCUT2D eigenvalue weighted by atomic mass is 32.2. The Hall–Kier alpha value is -1.68. The predicted molar refractivity (Wildman–Crippen MR) is 88.6 cm³/mol. The van der Waals surface area contributed by atoms with Crippen molar-refractivity contribution in [3.63, 3.8) is 0 Å². The van der Waals surface area contributed by atoms with Gasteiger partial charge in [-0.2, -0.15) is 0 Å². The summed E-state index contributed by atoms with van der Waals surface area (Å²) in [5.41, 5.74) is 3.13. The standard InChI is InChI=1S/C17H21NO2S/c1-4-16(21-11-14-6-5-9-20-14)17(19)18-15-10-12(2)7-8-13(15)3/h5-10,16H,4,11H2,1-3H3,(H,18,19). The van der Waals surface area contributed by atoms with E-state index >= 15 is 0 Å². The van der Waals surface area contributed by atoms with Crippen molar-refractivity contribution in [3.8, 4) is 0 Å². The third-order valence-electron chi connectivity index (χ3n) is 3.32. The molecule has 2 aromatic rings. The van der Waals surface area contributed by atoms with Gasteiger partial charge in [-0.05, 0) is 49.6 Å². The molecule has 1 aromatic heterocycles. The lowest BCUT2D eigenvalue weighted by molar-refractivity contribution is -0.115. The van der Waals surface area contributed by atoms with Crippen LogP contribution in [0.4, 0.5) is 5.69 Å². The summed E-state index contributed by atoms with van der Waals surface area (Å²) in [4.78, 5) is 12.4. The third kappa shape index (κ3) is 4.39. The number of hydrogen-bond donors (Lipinski definition) is 1. The van der Waals surface area contributed by atoms with Crippen LogP contribution in [0.2, 0.25) is 0 Å². The maximum absolute atomic E-state index is 12.4. The quantitative estimate of drug-likeness (QED) is 0.851. The Labute approximate surface area is 130 Å². The molecule has 3 nitrogen and oxygen atoms in total. The molecule has 0 saturated carbocycles. The summed E-state index contributed by atoms with van der Waals surface area (Å²) in [7, 11) is 0. The normalized spacial score (nSPS) is 12.1. The van der Waals surface area contributed by atoms with Crippen molar-refractivity contribution >= 4 is 23.4 Å². The fourth-order valence-electron chi connectivity index (χ4n) is 2.04. The number of anilines is 1. The summed E-state index contributed by atoms with van der Waals surface area (Å²) in [5, 5.41) is 2.97.